The van der Waals surface area contributed by atoms with Gasteiger partial charge in [0.25, 0.3) is 5.91 Å². The van der Waals surface area contributed by atoms with Crippen molar-refractivity contribution >= 4 is 45.9 Å². The standard InChI is InChI=1S/C20H15Cl2NO3/c21-17-8-7-16(18(22)10-17)11-23-19(24)12-26-20(25)15-6-5-13-3-1-2-4-14(13)9-15/h1-10H,11-12H2,(H,23,24). The minimum absolute atomic E-state index is 0.225. The van der Waals surface area contributed by atoms with E-state index >= 15 is 0 Å². The van der Waals surface area contributed by atoms with Crippen LogP contribution in [-0.2, 0) is 16.1 Å². The number of esters is 1. The Morgan fingerprint density at radius 1 is 0.923 bits per heavy atom. The van der Waals surface area contributed by atoms with Crippen LogP contribution in [0.25, 0.3) is 10.8 Å². The van der Waals surface area contributed by atoms with Gasteiger partial charge in [-0.05, 0) is 40.6 Å². The van der Waals surface area contributed by atoms with Crippen LogP contribution in [0, 0.1) is 0 Å². The third-order valence-corrected chi connectivity index (χ3v) is 4.40. The predicted molar refractivity (Wildman–Crippen MR) is 103 cm³/mol. The van der Waals surface area contributed by atoms with Gasteiger partial charge < -0.3 is 10.1 Å². The van der Waals surface area contributed by atoms with Gasteiger partial charge in [0, 0.05) is 16.6 Å². The molecule has 0 spiro atoms. The molecule has 0 fully saturated rings. The Morgan fingerprint density at radius 2 is 1.69 bits per heavy atom. The number of rotatable bonds is 5. The third-order valence-electron chi connectivity index (χ3n) is 3.81. The van der Waals surface area contributed by atoms with Crippen LogP contribution < -0.4 is 5.32 Å². The summed E-state index contributed by atoms with van der Waals surface area (Å²) in [6, 6.07) is 18.0. The maximum Gasteiger partial charge on any atom is 0.338 e. The summed E-state index contributed by atoms with van der Waals surface area (Å²) in [5, 5.41) is 5.60. The quantitative estimate of drug-likeness (QED) is 0.649. The largest absolute Gasteiger partial charge is 0.452 e. The van der Waals surface area contributed by atoms with Crippen LogP contribution in [0.1, 0.15) is 15.9 Å². The van der Waals surface area contributed by atoms with Crippen molar-refractivity contribution in [2.45, 2.75) is 6.54 Å². The van der Waals surface area contributed by atoms with E-state index in [2.05, 4.69) is 5.32 Å². The molecule has 0 bridgehead atoms. The molecule has 0 radical (unpaired) electrons. The number of fused-ring (bicyclic) bond motifs is 1. The molecule has 4 nitrogen and oxygen atoms in total. The predicted octanol–water partition coefficient (Wildman–Crippen LogP) is 4.62. The van der Waals surface area contributed by atoms with Gasteiger partial charge in [-0.1, -0.05) is 59.6 Å². The van der Waals surface area contributed by atoms with Crippen LogP contribution in [0.15, 0.2) is 60.7 Å². The van der Waals surface area contributed by atoms with E-state index in [1.54, 1.807) is 30.3 Å². The monoisotopic (exact) mass is 387 g/mol. The SMILES string of the molecule is O=C(COC(=O)c1ccc2ccccc2c1)NCc1ccc(Cl)cc1Cl. The van der Waals surface area contributed by atoms with E-state index in [1.807, 2.05) is 30.3 Å². The molecule has 3 aromatic rings. The topological polar surface area (TPSA) is 55.4 Å². The second-order valence-corrected chi connectivity index (χ2v) is 6.49. The zero-order chi connectivity index (χ0) is 18.5. The zero-order valence-electron chi connectivity index (χ0n) is 13.7. The molecule has 0 aromatic heterocycles. The van der Waals surface area contributed by atoms with Gasteiger partial charge in [-0.15, -0.1) is 0 Å². The molecule has 1 amide bonds. The first-order valence-electron chi connectivity index (χ1n) is 7.89. The highest BCUT2D eigenvalue weighted by atomic mass is 35.5. The first-order valence-corrected chi connectivity index (χ1v) is 8.65. The van der Waals surface area contributed by atoms with E-state index in [1.165, 1.54) is 0 Å². The van der Waals surface area contributed by atoms with Crippen LogP contribution >= 0.6 is 23.2 Å². The summed E-state index contributed by atoms with van der Waals surface area (Å²) >= 11 is 11.9. The minimum Gasteiger partial charge on any atom is -0.452 e. The van der Waals surface area contributed by atoms with Gasteiger partial charge in [0.2, 0.25) is 0 Å². The van der Waals surface area contributed by atoms with Crippen LogP contribution in [0.3, 0.4) is 0 Å². The molecule has 1 N–H and O–H groups in total. The van der Waals surface area contributed by atoms with Crippen molar-refractivity contribution in [2.24, 2.45) is 0 Å². The average Bonchev–Trinajstić information content (AvgIpc) is 2.65. The Labute approximate surface area is 160 Å². The molecular weight excluding hydrogens is 373 g/mol. The van der Waals surface area contributed by atoms with Gasteiger partial charge in [0.1, 0.15) is 0 Å². The third kappa shape index (κ3) is 4.54. The highest BCUT2D eigenvalue weighted by Crippen LogP contribution is 2.20. The molecule has 132 valence electrons. The lowest BCUT2D eigenvalue weighted by Crippen LogP contribution is -2.28. The number of carbonyl (C=O) groups is 2. The number of nitrogens with one attached hydrogen (secondary N) is 1. The average molecular weight is 388 g/mol. The van der Waals surface area contributed by atoms with Crippen molar-refractivity contribution in [1.82, 2.24) is 5.32 Å². The summed E-state index contributed by atoms with van der Waals surface area (Å²) in [5.74, 6) is -0.958. The summed E-state index contributed by atoms with van der Waals surface area (Å²) < 4.78 is 5.07. The van der Waals surface area contributed by atoms with E-state index in [4.69, 9.17) is 27.9 Å². The van der Waals surface area contributed by atoms with Crippen molar-refractivity contribution in [1.29, 1.82) is 0 Å². The van der Waals surface area contributed by atoms with Gasteiger partial charge in [-0.25, -0.2) is 4.79 Å². The number of halogens is 2. The summed E-state index contributed by atoms with van der Waals surface area (Å²) in [6.45, 7) is -0.140. The Kier molecular flexibility index (Phi) is 5.76. The molecular formula is C20H15Cl2NO3. The number of hydrogen-bond donors (Lipinski definition) is 1. The summed E-state index contributed by atoms with van der Waals surface area (Å²) in [7, 11) is 0. The number of ether oxygens (including phenoxy) is 1. The van der Waals surface area contributed by atoms with Gasteiger partial charge in [0.05, 0.1) is 5.56 Å². The van der Waals surface area contributed by atoms with E-state index in [-0.39, 0.29) is 13.2 Å². The molecule has 26 heavy (non-hydrogen) atoms. The smallest absolute Gasteiger partial charge is 0.338 e. The fourth-order valence-corrected chi connectivity index (χ4v) is 2.92. The second-order valence-electron chi connectivity index (χ2n) is 5.65. The molecule has 0 aliphatic carbocycles. The van der Waals surface area contributed by atoms with E-state index in [9.17, 15) is 9.59 Å². The number of carbonyl (C=O) groups excluding carboxylic acids is 2. The molecule has 0 unspecified atom stereocenters. The summed E-state index contributed by atoms with van der Waals surface area (Å²) in [6.07, 6.45) is 0. The number of hydrogen-bond acceptors (Lipinski definition) is 3. The van der Waals surface area contributed by atoms with Crippen molar-refractivity contribution in [3.8, 4) is 0 Å². The van der Waals surface area contributed by atoms with E-state index in [0.29, 0.717) is 15.6 Å². The van der Waals surface area contributed by atoms with Crippen LogP contribution in [0.5, 0.6) is 0 Å². The molecule has 0 heterocycles. The van der Waals surface area contributed by atoms with Gasteiger partial charge >= 0.3 is 5.97 Å². The van der Waals surface area contributed by atoms with Crippen molar-refractivity contribution < 1.29 is 14.3 Å². The fourth-order valence-electron chi connectivity index (χ4n) is 2.44. The summed E-state index contributed by atoms with van der Waals surface area (Å²) in [4.78, 5) is 24.0. The first-order chi connectivity index (χ1) is 12.5. The van der Waals surface area contributed by atoms with Crippen LogP contribution in [-0.4, -0.2) is 18.5 Å². The maximum atomic E-state index is 12.1. The van der Waals surface area contributed by atoms with Crippen molar-refractivity contribution in [3.05, 3.63) is 81.8 Å². The van der Waals surface area contributed by atoms with Crippen molar-refractivity contribution in [2.75, 3.05) is 6.61 Å². The van der Waals surface area contributed by atoms with Gasteiger partial charge in [-0.3, -0.25) is 4.79 Å². The Bertz CT molecular complexity index is 972. The van der Waals surface area contributed by atoms with Crippen LogP contribution in [0.4, 0.5) is 0 Å². The maximum absolute atomic E-state index is 12.1. The molecule has 3 aromatic carbocycles. The minimum atomic E-state index is -0.546. The summed E-state index contributed by atoms with van der Waals surface area (Å²) in [5.41, 5.74) is 1.13. The number of benzene rings is 3. The van der Waals surface area contributed by atoms with Gasteiger partial charge in [0.15, 0.2) is 6.61 Å². The van der Waals surface area contributed by atoms with E-state index in [0.717, 1.165) is 16.3 Å². The lowest BCUT2D eigenvalue weighted by Gasteiger charge is -2.08. The first kappa shape index (κ1) is 18.2. The highest BCUT2D eigenvalue weighted by Gasteiger charge is 2.11. The molecule has 0 saturated carbocycles. The number of amides is 1. The molecule has 0 saturated heterocycles. The molecule has 0 aliphatic heterocycles. The molecule has 0 atom stereocenters. The second kappa shape index (κ2) is 8.21. The highest BCUT2D eigenvalue weighted by molar-refractivity contribution is 6.35. The van der Waals surface area contributed by atoms with Crippen LogP contribution in [0.2, 0.25) is 10.0 Å². The lowest BCUT2D eigenvalue weighted by molar-refractivity contribution is -0.124. The van der Waals surface area contributed by atoms with E-state index < -0.39 is 11.9 Å². The molecule has 0 aliphatic rings. The Balaban J connectivity index is 1.54. The Hall–Kier alpha value is -2.56. The lowest BCUT2D eigenvalue weighted by atomic mass is 10.1. The van der Waals surface area contributed by atoms with Crippen molar-refractivity contribution in [3.63, 3.8) is 0 Å². The zero-order valence-corrected chi connectivity index (χ0v) is 15.2. The molecule has 3 rings (SSSR count). The fraction of sp³-hybridized carbons (Fsp3) is 0.100. The normalized spacial score (nSPS) is 10.5. The van der Waals surface area contributed by atoms with Gasteiger partial charge in [-0.2, -0.15) is 0 Å². The Morgan fingerprint density at radius 3 is 2.46 bits per heavy atom. The molecule has 6 heteroatoms.